The summed E-state index contributed by atoms with van der Waals surface area (Å²) in [6, 6.07) is 0. The topological polar surface area (TPSA) is 125 Å². The lowest BCUT2D eigenvalue weighted by atomic mass is 9.45. The maximum atomic E-state index is 14.2. The zero-order chi connectivity index (χ0) is 30.4. The van der Waals surface area contributed by atoms with E-state index in [2.05, 4.69) is 0 Å². The zero-order valence-electron chi connectivity index (χ0n) is 24.9. The maximum Gasteiger partial charge on any atom is 0.356 e. The Morgan fingerprint density at radius 2 is 1.80 bits per heavy atom. The van der Waals surface area contributed by atoms with Gasteiger partial charge in [0, 0.05) is 23.2 Å². The van der Waals surface area contributed by atoms with Crippen molar-refractivity contribution < 1.29 is 42.6 Å². The van der Waals surface area contributed by atoms with Gasteiger partial charge in [-0.25, -0.2) is 0 Å². The SMILES string of the molecule is CCOP(=O)(COCC(=O)[C@@]1(OC(=O)CC)[C@@H](C)C[C@H]2[C@@H]3CCC4=CC(=O)C=C[C@]4(C)[C@@]3(Cl)[C@@H](O)C[C@@]21C)OCC. The summed E-state index contributed by atoms with van der Waals surface area (Å²) in [5.41, 5.74) is -2.37. The summed E-state index contributed by atoms with van der Waals surface area (Å²) in [5.74, 6) is -1.82. The van der Waals surface area contributed by atoms with E-state index in [1.54, 1.807) is 26.8 Å². The lowest BCUT2D eigenvalue weighted by Crippen LogP contribution is -2.69. The molecule has 0 aromatic rings. The van der Waals surface area contributed by atoms with Crippen LogP contribution in [0, 0.1) is 28.6 Å². The summed E-state index contributed by atoms with van der Waals surface area (Å²) < 4.78 is 35.3. The summed E-state index contributed by atoms with van der Waals surface area (Å²) in [6.45, 7) is 10.7. The fourth-order valence-corrected chi connectivity index (χ4v) is 10.4. The molecule has 0 radical (unpaired) electrons. The van der Waals surface area contributed by atoms with E-state index in [9.17, 15) is 24.1 Å². The largest absolute Gasteiger partial charge is 0.450 e. The molecule has 3 fully saturated rings. The van der Waals surface area contributed by atoms with E-state index >= 15 is 0 Å². The van der Waals surface area contributed by atoms with Crippen molar-refractivity contribution in [2.75, 3.05) is 26.2 Å². The van der Waals surface area contributed by atoms with E-state index in [-0.39, 0.29) is 43.7 Å². The number of halogens is 1. The lowest BCUT2D eigenvalue weighted by molar-refractivity contribution is -0.203. The molecule has 4 aliphatic rings. The van der Waals surface area contributed by atoms with Crippen molar-refractivity contribution in [3.63, 3.8) is 0 Å². The first kappa shape index (κ1) is 32.6. The van der Waals surface area contributed by atoms with Crippen LogP contribution in [0.3, 0.4) is 0 Å². The van der Waals surface area contributed by atoms with Gasteiger partial charge in [-0.2, -0.15) is 0 Å². The predicted molar refractivity (Wildman–Crippen MR) is 153 cm³/mol. The molecule has 0 saturated heterocycles. The lowest BCUT2D eigenvalue weighted by Gasteiger charge is -2.64. The van der Waals surface area contributed by atoms with Gasteiger partial charge in [0.2, 0.25) is 5.78 Å². The first-order valence-corrected chi connectivity index (χ1v) is 16.8. The molecular weight excluding hydrogens is 571 g/mol. The number of carbonyl (C=O) groups excluding carboxylic acids is 3. The van der Waals surface area contributed by atoms with E-state index in [4.69, 9.17) is 30.1 Å². The number of ether oxygens (including phenoxy) is 2. The van der Waals surface area contributed by atoms with Crippen LogP contribution in [0.1, 0.15) is 73.6 Å². The molecule has 0 amide bonds. The molecule has 4 aliphatic carbocycles. The van der Waals surface area contributed by atoms with Crippen LogP contribution in [-0.2, 0) is 37.5 Å². The van der Waals surface area contributed by atoms with Gasteiger partial charge in [0.1, 0.15) is 13.0 Å². The molecule has 9 nitrogen and oxygen atoms in total. The Hall–Kier alpha value is -1.35. The Morgan fingerprint density at radius 1 is 1.15 bits per heavy atom. The second kappa shape index (κ2) is 11.6. The Kier molecular flexibility index (Phi) is 9.23. The number of fused-ring (bicyclic) bond motifs is 5. The highest BCUT2D eigenvalue weighted by atomic mass is 35.5. The van der Waals surface area contributed by atoms with Crippen LogP contribution in [-0.4, -0.2) is 65.4 Å². The van der Waals surface area contributed by atoms with Gasteiger partial charge in [-0.15, -0.1) is 11.6 Å². The normalized spacial score (nSPS) is 39.9. The molecule has 0 aromatic carbocycles. The average Bonchev–Trinajstić information content (AvgIpc) is 3.12. The molecule has 0 aliphatic heterocycles. The van der Waals surface area contributed by atoms with Crippen molar-refractivity contribution in [2.24, 2.45) is 28.6 Å². The van der Waals surface area contributed by atoms with Crippen LogP contribution < -0.4 is 0 Å². The number of allylic oxidation sites excluding steroid dienone is 4. The molecular formula is C30H44ClO9P. The molecule has 0 heterocycles. The summed E-state index contributed by atoms with van der Waals surface area (Å²) in [4.78, 5) is 38.2. The third-order valence-corrected chi connectivity index (χ3v) is 13.0. The summed E-state index contributed by atoms with van der Waals surface area (Å²) >= 11 is 7.54. The van der Waals surface area contributed by atoms with Crippen molar-refractivity contribution >= 4 is 36.7 Å². The van der Waals surface area contributed by atoms with Gasteiger partial charge < -0.3 is 23.6 Å². The number of hydrogen-bond donors (Lipinski definition) is 1. The molecule has 8 atom stereocenters. The predicted octanol–water partition coefficient (Wildman–Crippen LogP) is 5.37. The van der Waals surface area contributed by atoms with E-state index in [1.165, 1.54) is 6.08 Å². The zero-order valence-corrected chi connectivity index (χ0v) is 26.6. The Labute approximate surface area is 247 Å². The van der Waals surface area contributed by atoms with Gasteiger partial charge in [0.05, 0.1) is 24.2 Å². The summed E-state index contributed by atoms with van der Waals surface area (Å²) in [6.07, 6.45) is 5.52. The van der Waals surface area contributed by atoms with E-state index in [0.29, 0.717) is 19.3 Å². The van der Waals surface area contributed by atoms with Crippen LogP contribution in [0.15, 0.2) is 23.8 Å². The number of aliphatic hydroxyl groups is 1. The van der Waals surface area contributed by atoms with Crippen molar-refractivity contribution in [3.8, 4) is 0 Å². The number of hydrogen-bond acceptors (Lipinski definition) is 9. The minimum atomic E-state index is -3.56. The number of alkyl halides is 1. The van der Waals surface area contributed by atoms with Crippen LogP contribution in [0.4, 0.5) is 0 Å². The average molecular weight is 615 g/mol. The standard InChI is InChI=1S/C30H44ClO9P/c1-7-26(35)40-30(25(34)17-37-18-41(36,38-8-2)39-9-3)19(4)14-23-22-11-10-20-15-21(32)12-13-27(20,5)29(22,31)24(33)16-28(23,30)6/h12-13,15,19,22-24,33H,7-11,14,16-18H2,1-6H3/t19-,22-,23-,24-,27-,28-,29-,30-/m0/s1. The molecule has 1 N–H and O–H groups in total. The van der Waals surface area contributed by atoms with Crippen LogP contribution >= 0.6 is 19.2 Å². The highest BCUT2D eigenvalue weighted by Gasteiger charge is 2.76. The number of rotatable bonds is 11. The number of esters is 1. The second-order valence-electron chi connectivity index (χ2n) is 12.3. The van der Waals surface area contributed by atoms with Crippen LogP contribution in [0.2, 0.25) is 0 Å². The van der Waals surface area contributed by atoms with E-state index in [1.807, 2.05) is 26.8 Å². The minimum Gasteiger partial charge on any atom is -0.450 e. The smallest absolute Gasteiger partial charge is 0.356 e. The molecule has 230 valence electrons. The summed E-state index contributed by atoms with van der Waals surface area (Å²) in [7, 11) is -3.56. The minimum absolute atomic E-state index is 0.0731. The molecule has 0 unspecified atom stereocenters. The molecule has 11 heteroatoms. The first-order valence-electron chi connectivity index (χ1n) is 14.7. The molecule has 0 bridgehead atoms. The molecule has 0 spiro atoms. The van der Waals surface area contributed by atoms with Gasteiger partial charge in [0.25, 0.3) is 0 Å². The first-order chi connectivity index (χ1) is 19.2. The Bertz CT molecular complexity index is 1170. The monoisotopic (exact) mass is 614 g/mol. The van der Waals surface area contributed by atoms with Gasteiger partial charge in [-0.3, -0.25) is 18.9 Å². The Balaban J connectivity index is 1.71. The van der Waals surface area contributed by atoms with Crippen molar-refractivity contribution in [1.29, 1.82) is 0 Å². The van der Waals surface area contributed by atoms with Crippen LogP contribution in [0.25, 0.3) is 0 Å². The van der Waals surface area contributed by atoms with Gasteiger partial charge in [-0.05, 0) is 63.5 Å². The maximum absolute atomic E-state index is 14.2. The van der Waals surface area contributed by atoms with Gasteiger partial charge in [0.15, 0.2) is 11.4 Å². The van der Waals surface area contributed by atoms with Gasteiger partial charge in [-0.1, -0.05) is 39.3 Å². The highest BCUT2D eigenvalue weighted by Crippen LogP contribution is 2.72. The fourth-order valence-electron chi connectivity index (χ4n) is 8.51. The molecule has 41 heavy (non-hydrogen) atoms. The quantitative estimate of drug-likeness (QED) is 0.186. The second-order valence-corrected chi connectivity index (χ2v) is 14.9. The number of ketones is 2. The molecule has 0 aromatic heterocycles. The van der Waals surface area contributed by atoms with Crippen molar-refractivity contribution in [1.82, 2.24) is 0 Å². The number of aliphatic hydroxyl groups excluding tert-OH is 1. The van der Waals surface area contributed by atoms with E-state index in [0.717, 1.165) is 5.57 Å². The third kappa shape index (κ3) is 4.93. The van der Waals surface area contributed by atoms with Gasteiger partial charge >= 0.3 is 13.6 Å². The van der Waals surface area contributed by atoms with E-state index < -0.39 is 65.6 Å². The molecule has 3 saturated carbocycles. The number of carbonyl (C=O) groups is 3. The van der Waals surface area contributed by atoms with Crippen LogP contribution in [0.5, 0.6) is 0 Å². The highest BCUT2D eigenvalue weighted by molar-refractivity contribution is 7.53. The summed E-state index contributed by atoms with van der Waals surface area (Å²) in [5, 5.41) is 11.9. The van der Waals surface area contributed by atoms with Crippen molar-refractivity contribution in [3.05, 3.63) is 23.8 Å². The van der Waals surface area contributed by atoms with Crippen molar-refractivity contribution in [2.45, 2.75) is 90.2 Å². The Morgan fingerprint density at radius 3 is 2.41 bits per heavy atom. The molecule has 4 rings (SSSR count). The third-order valence-electron chi connectivity index (χ3n) is 10.3. The fraction of sp³-hybridized carbons (Fsp3) is 0.767. The number of Topliss-reactive ketones (excluding diaryl/α,β-unsaturated/α-hetero) is 1.